The van der Waals surface area contributed by atoms with Crippen molar-refractivity contribution in [3.8, 4) is 5.75 Å². The number of nitrogens with two attached hydrogens (primary N) is 1. The summed E-state index contributed by atoms with van der Waals surface area (Å²) >= 11 is 1.19. The molecule has 7 heteroatoms. The lowest BCUT2D eigenvalue weighted by molar-refractivity contribution is -0.437. The van der Waals surface area contributed by atoms with Gasteiger partial charge in [0.15, 0.2) is 0 Å². The zero-order chi connectivity index (χ0) is 17.1. The predicted molar refractivity (Wildman–Crippen MR) is 90.6 cm³/mol. The summed E-state index contributed by atoms with van der Waals surface area (Å²) in [7, 11) is 0. The molecule has 0 saturated carbocycles. The zero-order valence-electron chi connectivity index (χ0n) is 12.3. The number of benzene rings is 2. The van der Waals surface area contributed by atoms with Gasteiger partial charge in [-0.1, -0.05) is 24.3 Å². The molecule has 1 heterocycles. The molecule has 122 valence electrons. The number of thioether (sulfide) groups is 1. The molecule has 3 N–H and O–H groups in total. The fraction of sp³-hybridized carbons (Fsp3) is 0. The molecule has 0 aliphatic carbocycles. The molecule has 1 amide bonds. The van der Waals surface area contributed by atoms with Gasteiger partial charge in [0, 0.05) is 13.1 Å². The van der Waals surface area contributed by atoms with Crippen LogP contribution in [0.2, 0.25) is 0 Å². The third-order valence-electron chi connectivity index (χ3n) is 3.22. The van der Waals surface area contributed by atoms with Crippen LogP contribution in [-0.4, -0.2) is 22.2 Å². The minimum Gasteiger partial charge on any atom is -0.545 e. The first kappa shape index (κ1) is 16.0. The third-order valence-corrected chi connectivity index (χ3v) is 4.15. The quantitative estimate of drug-likeness (QED) is 0.636. The number of amides is 1. The molecule has 0 fully saturated rings. The van der Waals surface area contributed by atoms with E-state index in [0.717, 1.165) is 0 Å². The van der Waals surface area contributed by atoms with E-state index in [0.29, 0.717) is 21.3 Å². The van der Waals surface area contributed by atoms with E-state index in [2.05, 4.69) is 4.99 Å². The van der Waals surface area contributed by atoms with Crippen molar-refractivity contribution < 1.29 is 26.5 Å². The number of hydrogen-bond acceptors (Lipinski definition) is 5. The van der Waals surface area contributed by atoms with Crippen LogP contribution >= 0.6 is 11.8 Å². The number of aromatic hydroxyl groups is 1. The average molecular weight is 342 g/mol. The average Bonchev–Trinajstić information content (AvgIpc) is 2.87. The lowest BCUT2D eigenvalue weighted by atomic mass is 10.2. The Morgan fingerprint density at radius 2 is 2.04 bits per heavy atom. The fourth-order valence-corrected chi connectivity index (χ4v) is 3.03. The monoisotopic (exact) mass is 342 g/mol. The summed E-state index contributed by atoms with van der Waals surface area (Å²) in [4.78, 5) is 27.2. The highest BCUT2D eigenvalue weighted by Crippen LogP contribution is 2.27. The van der Waals surface area contributed by atoms with Gasteiger partial charge in [0.25, 0.3) is 11.1 Å². The van der Waals surface area contributed by atoms with E-state index >= 15 is 0 Å². The minimum atomic E-state index is -1.26. The Morgan fingerprint density at radius 3 is 2.79 bits per heavy atom. The molecule has 0 bridgehead atoms. The highest BCUT2D eigenvalue weighted by atomic mass is 32.2. The van der Waals surface area contributed by atoms with Gasteiger partial charge in [0.05, 0.1) is 10.9 Å². The lowest BCUT2D eigenvalue weighted by Crippen LogP contribution is -2.80. The van der Waals surface area contributed by atoms with E-state index in [1.165, 1.54) is 23.9 Å². The number of quaternary nitrogens is 1. The van der Waals surface area contributed by atoms with Gasteiger partial charge in [-0.2, -0.15) is 0 Å². The number of amidine groups is 1. The van der Waals surface area contributed by atoms with Gasteiger partial charge in [-0.25, -0.2) is 0 Å². The molecular weight excluding hydrogens is 328 g/mol. The molecule has 24 heavy (non-hydrogen) atoms. The van der Waals surface area contributed by atoms with Crippen LogP contribution in [0.15, 0.2) is 58.4 Å². The van der Waals surface area contributed by atoms with E-state index < -0.39 is 5.97 Å². The molecule has 2 aromatic carbocycles. The summed E-state index contributed by atoms with van der Waals surface area (Å²) in [6, 6.07) is 12.8. The van der Waals surface area contributed by atoms with Crippen LogP contribution in [0.4, 0.5) is 5.69 Å². The standard InChI is InChI=1S/C17H12N2O4S.H2/c20-13-6-1-3-10(7-13)8-14-15(21)19-17(24-14)18-12-5-2-4-11(9-12)16(22)23;/h1-9,20H,(H,22,23)(H,18,19,21);1H/b14-8+;. The van der Waals surface area contributed by atoms with Crippen molar-refractivity contribution in [2.45, 2.75) is 0 Å². The van der Waals surface area contributed by atoms with Crippen molar-refractivity contribution in [3.63, 3.8) is 0 Å². The van der Waals surface area contributed by atoms with Crippen molar-refractivity contribution in [3.05, 3.63) is 64.6 Å². The van der Waals surface area contributed by atoms with Gasteiger partial charge >= 0.3 is 0 Å². The number of rotatable bonds is 3. The number of carbonyl (C=O) groups excluding carboxylic acids is 2. The smallest absolute Gasteiger partial charge is 0.289 e. The summed E-state index contributed by atoms with van der Waals surface area (Å²) in [5.74, 6) is -1.51. The van der Waals surface area contributed by atoms with Crippen molar-refractivity contribution in [2.75, 3.05) is 0 Å². The largest absolute Gasteiger partial charge is 0.545 e. The number of aliphatic imine (C=N–C) groups is 1. The first-order valence-corrected chi connectivity index (χ1v) is 7.81. The van der Waals surface area contributed by atoms with E-state index in [9.17, 15) is 19.8 Å². The van der Waals surface area contributed by atoms with E-state index in [1.54, 1.807) is 47.8 Å². The number of carbonyl (C=O) groups is 2. The highest BCUT2D eigenvalue weighted by molar-refractivity contribution is 8.18. The Hall–Kier alpha value is -2.90. The number of phenols is 1. The molecule has 2 aromatic rings. The molecular formula is C17H14N2O4S. The molecule has 0 unspecified atom stereocenters. The maximum atomic E-state index is 12.0. The first-order chi connectivity index (χ1) is 11.5. The van der Waals surface area contributed by atoms with Gasteiger partial charge in [0.1, 0.15) is 11.4 Å². The van der Waals surface area contributed by atoms with Crippen LogP contribution in [0.3, 0.4) is 0 Å². The SMILES string of the molecule is O=C1N=C([NH2+]c2cccc(C(=O)[O-])c2)S/C1=C/c1cccc(O)c1.[HH]. The topological polar surface area (TPSA) is 106 Å². The van der Waals surface area contributed by atoms with Gasteiger partial charge in [-0.3, -0.25) is 10.1 Å². The Morgan fingerprint density at radius 1 is 1.25 bits per heavy atom. The zero-order valence-corrected chi connectivity index (χ0v) is 13.1. The molecule has 0 spiro atoms. The second kappa shape index (κ2) is 6.69. The number of phenolic OH excluding ortho intramolecular Hbond substituents is 1. The van der Waals surface area contributed by atoms with Crippen LogP contribution in [0.5, 0.6) is 5.75 Å². The first-order valence-electron chi connectivity index (χ1n) is 6.99. The second-order valence-corrected chi connectivity index (χ2v) is 6.08. The Kier molecular flexibility index (Phi) is 4.45. The van der Waals surface area contributed by atoms with Crippen molar-refractivity contribution in [1.82, 2.24) is 0 Å². The normalized spacial score (nSPS) is 15.6. The highest BCUT2D eigenvalue weighted by Gasteiger charge is 2.25. The summed E-state index contributed by atoms with van der Waals surface area (Å²) in [6.07, 6.45) is 1.65. The van der Waals surface area contributed by atoms with Crippen molar-refractivity contribution >= 4 is 40.6 Å². The van der Waals surface area contributed by atoms with E-state index in [-0.39, 0.29) is 18.6 Å². The van der Waals surface area contributed by atoms with Crippen molar-refractivity contribution in [1.29, 1.82) is 0 Å². The summed E-state index contributed by atoms with van der Waals surface area (Å²) < 4.78 is 0. The minimum absolute atomic E-state index is 0. The predicted octanol–water partition coefficient (Wildman–Crippen LogP) is 0.867. The molecule has 1 aliphatic heterocycles. The Labute approximate surface area is 143 Å². The molecule has 3 rings (SSSR count). The maximum absolute atomic E-state index is 12.0. The second-order valence-electron chi connectivity index (χ2n) is 5.02. The summed E-state index contributed by atoms with van der Waals surface area (Å²) in [6.45, 7) is 0. The molecule has 0 radical (unpaired) electrons. The van der Waals surface area contributed by atoms with Crippen LogP contribution in [0, 0.1) is 0 Å². The summed E-state index contributed by atoms with van der Waals surface area (Å²) in [5.41, 5.74) is 1.38. The van der Waals surface area contributed by atoms with E-state index in [4.69, 9.17) is 0 Å². The lowest BCUT2D eigenvalue weighted by Gasteiger charge is -2.03. The number of carboxylic acid groups (broad SMARTS) is 1. The van der Waals surface area contributed by atoms with Crippen LogP contribution in [-0.2, 0) is 4.79 Å². The van der Waals surface area contributed by atoms with Crippen molar-refractivity contribution in [2.24, 2.45) is 4.99 Å². The van der Waals surface area contributed by atoms with Gasteiger partial charge in [-0.15, -0.1) is 4.99 Å². The number of nitrogens with zero attached hydrogens (tertiary/aromatic N) is 1. The van der Waals surface area contributed by atoms with Gasteiger partial charge in [-0.05, 0) is 41.6 Å². The molecule has 0 atom stereocenters. The van der Waals surface area contributed by atoms with Crippen LogP contribution in [0.1, 0.15) is 17.3 Å². The molecule has 6 nitrogen and oxygen atoms in total. The van der Waals surface area contributed by atoms with Crippen LogP contribution < -0.4 is 10.4 Å². The van der Waals surface area contributed by atoms with Crippen LogP contribution in [0.25, 0.3) is 6.08 Å². The maximum Gasteiger partial charge on any atom is 0.289 e. The van der Waals surface area contributed by atoms with E-state index in [1.807, 2.05) is 0 Å². The fourth-order valence-electron chi connectivity index (χ4n) is 2.15. The molecule has 0 saturated heterocycles. The third kappa shape index (κ3) is 3.70. The number of aromatic carboxylic acids is 1. The molecule has 0 aromatic heterocycles. The molecule has 1 aliphatic rings. The Bertz CT molecular complexity index is 896. The Balaban J connectivity index is 0.00000225. The number of carboxylic acids is 1. The number of hydrogen-bond donors (Lipinski definition) is 2. The van der Waals surface area contributed by atoms with Gasteiger partial charge < -0.3 is 15.0 Å². The van der Waals surface area contributed by atoms with Gasteiger partial charge in [0.2, 0.25) is 0 Å². The summed E-state index contributed by atoms with van der Waals surface area (Å²) in [5, 5.41) is 22.5.